The summed E-state index contributed by atoms with van der Waals surface area (Å²) in [5, 5.41) is 11.5. The molecule has 0 spiro atoms. The average Bonchev–Trinajstić information content (AvgIpc) is 2.35. The molecule has 5 nitrogen and oxygen atoms in total. The summed E-state index contributed by atoms with van der Waals surface area (Å²) in [5.74, 6) is -0.629. The van der Waals surface area contributed by atoms with Crippen molar-refractivity contribution in [2.45, 2.75) is 27.7 Å². The van der Waals surface area contributed by atoms with Crippen molar-refractivity contribution < 1.29 is 19.4 Å². The third-order valence-electron chi connectivity index (χ3n) is 3.00. The number of amides is 1. The summed E-state index contributed by atoms with van der Waals surface area (Å²) < 4.78 is 5.42. The maximum absolute atomic E-state index is 11.6. The lowest BCUT2D eigenvalue weighted by Crippen LogP contribution is -2.40. The maximum Gasteiger partial charge on any atom is 0.310 e. The number of aryl methyl sites for hydroxylation is 2. The first-order chi connectivity index (χ1) is 9.22. The molecule has 0 saturated carbocycles. The monoisotopic (exact) mass is 279 g/mol. The summed E-state index contributed by atoms with van der Waals surface area (Å²) in [4.78, 5) is 22.5. The van der Waals surface area contributed by atoms with E-state index in [-0.39, 0.29) is 19.1 Å². The van der Waals surface area contributed by atoms with Gasteiger partial charge in [0, 0.05) is 6.54 Å². The molecule has 2 N–H and O–H groups in total. The molecule has 0 aromatic heterocycles. The molecule has 0 saturated heterocycles. The van der Waals surface area contributed by atoms with Crippen molar-refractivity contribution in [3.63, 3.8) is 0 Å². The van der Waals surface area contributed by atoms with Crippen LogP contribution in [0.1, 0.15) is 25.0 Å². The van der Waals surface area contributed by atoms with Crippen LogP contribution >= 0.6 is 0 Å². The van der Waals surface area contributed by atoms with Crippen LogP contribution in [0.5, 0.6) is 5.75 Å². The number of hydrogen-bond acceptors (Lipinski definition) is 3. The number of nitrogens with one attached hydrogen (secondary N) is 1. The van der Waals surface area contributed by atoms with Crippen LogP contribution in [0, 0.1) is 19.3 Å². The fraction of sp³-hybridized carbons (Fsp3) is 0.467. The second kappa shape index (κ2) is 6.41. The molecule has 0 heterocycles. The molecule has 0 bridgehead atoms. The van der Waals surface area contributed by atoms with Gasteiger partial charge in [-0.05, 0) is 39.3 Å². The zero-order valence-corrected chi connectivity index (χ0v) is 12.3. The van der Waals surface area contributed by atoms with Crippen LogP contribution in [0.15, 0.2) is 18.2 Å². The van der Waals surface area contributed by atoms with Crippen LogP contribution in [-0.4, -0.2) is 30.1 Å². The fourth-order valence-corrected chi connectivity index (χ4v) is 1.55. The number of carbonyl (C=O) groups excluding carboxylic acids is 1. The Morgan fingerprint density at radius 2 is 1.95 bits per heavy atom. The average molecular weight is 279 g/mol. The summed E-state index contributed by atoms with van der Waals surface area (Å²) in [7, 11) is 0. The molecule has 1 amide bonds. The number of ether oxygens (including phenoxy) is 1. The van der Waals surface area contributed by atoms with Crippen LogP contribution in [0.3, 0.4) is 0 Å². The molecule has 5 heteroatoms. The molecule has 1 aromatic carbocycles. The van der Waals surface area contributed by atoms with Crippen LogP contribution in [0.25, 0.3) is 0 Å². The third kappa shape index (κ3) is 4.57. The molecule has 110 valence electrons. The fourth-order valence-electron chi connectivity index (χ4n) is 1.55. The van der Waals surface area contributed by atoms with E-state index in [0.717, 1.165) is 11.1 Å². The number of carbonyl (C=O) groups is 2. The number of carboxylic acid groups (broad SMARTS) is 1. The topological polar surface area (TPSA) is 75.6 Å². The molecule has 1 rings (SSSR count). The number of hydrogen-bond donors (Lipinski definition) is 2. The molecule has 0 aliphatic carbocycles. The van der Waals surface area contributed by atoms with Crippen LogP contribution in [0.2, 0.25) is 0 Å². The zero-order valence-electron chi connectivity index (χ0n) is 12.3. The van der Waals surface area contributed by atoms with Crippen molar-refractivity contribution in [2.75, 3.05) is 13.2 Å². The Kier molecular flexibility index (Phi) is 5.13. The molecule has 0 fully saturated rings. The Balaban J connectivity index is 2.46. The number of benzene rings is 1. The Labute approximate surface area is 118 Å². The van der Waals surface area contributed by atoms with Gasteiger partial charge >= 0.3 is 5.97 Å². The SMILES string of the molecule is Cc1ccc(OCC(=O)NCC(C)(C)C(=O)O)c(C)c1. The predicted molar refractivity (Wildman–Crippen MR) is 75.8 cm³/mol. The van der Waals surface area contributed by atoms with E-state index in [4.69, 9.17) is 9.84 Å². The molecule has 0 atom stereocenters. The Hall–Kier alpha value is -2.04. The molecule has 20 heavy (non-hydrogen) atoms. The van der Waals surface area contributed by atoms with Gasteiger partial charge in [0.25, 0.3) is 5.91 Å². The Bertz CT molecular complexity index is 509. The van der Waals surface area contributed by atoms with Gasteiger partial charge in [0.05, 0.1) is 5.41 Å². The van der Waals surface area contributed by atoms with Gasteiger partial charge in [-0.1, -0.05) is 17.7 Å². The minimum absolute atomic E-state index is 0.0669. The third-order valence-corrected chi connectivity index (χ3v) is 3.00. The minimum Gasteiger partial charge on any atom is -0.484 e. The van der Waals surface area contributed by atoms with E-state index in [1.165, 1.54) is 0 Å². The number of rotatable bonds is 6. The molecule has 1 aromatic rings. The van der Waals surface area contributed by atoms with E-state index in [9.17, 15) is 9.59 Å². The standard InChI is InChI=1S/C15H21NO4/c1-10-5-6-12(11(2)7-10)20-8-13(17)16-9-15(3,4)14(18)19/h5-7H,8-9H2,1-4H3,(H,16,17)(H,18,19). The highest BCUT2D eigenvalue weighted by molar-refractivity contribution is 5.79. The van der Waals surface area contributed by atoms with Gasteiger partial charge in [-0.2, -0.15) is 0 Å². The maximum atomic E-state index is 11.6. The first-order valence-corrected chi connectivity index (χ1v) is 6.42. The Morgan fingerprint density at radius 1 is 1.30 bits per heavy atom. The molecule has 0 unspecified atom stereocenters. The molecule has 0 radical (unpaired) electrons. The van der Waals surface area contributed by atoms with E-state index in [1.54, 1.807) is 13.8 Å². The second-order valence-corrected chi connectivity index (χ2v) is 5.52. The predicted octanol–water partition coefficient (Wildman–Crippen LogP) is 1.91. The normalized spacial score (nSPS) is 11.0. The number of carboxylic acids is 1. The van der Waals surface area contributed by atoms with E-state index in [1.807, 2.05) is 32.0 Å². The summed E-state index contributed by atoms with van der Waals surface area (Å²) in [6.45, 7) is 6.95. The van der Waals surface area contributed by atoms with E-state index in [2.05, 4.69) is 5.32 Å². The van der Waals surface area contributed by atoms with Crippen LogP contribution in [0.4, 0.5) is 0 Å². The highest BCUT2D eigenvalue weighted by Crippen LogP contribution is 2.18. The smallest absolute Gasteiger partial charge is 0.310 e. The highest BCUT2D eigenvalue weighted by Gasteiger charge is 2.27. The van der Waals surface area contributed by atoms with Gasteiger partial charge in [-0.3, -0.25) is 9.59 Å². The quantitative estimate of drug-likeness (QED) is 0.834. The van der Waals surface area contributed by atoms with E-state index in [0.29, 0.717) is 5.75 Å². The van der Waals surface area contributed by atoms with E-state index >= 15 is 0 Å². The van der Waals surface area contributed by atoms with Gasteiger partial charge in [0.2, 0.25) is 0 Å². The molecule has 0 aliphatic heterocycles. The largest absolute Gasteiger partial charge is 0.484 e. The van der Waals surface area contributed by atoms with Crippen molar-refractivity contribution in [1.82, 2.24) is 5.32 Å². The van der Waals surface area contributed by atoms with Crippen LogP contribution in [-0.2, 0) is 9.59 Å². The zero-order chi connectivity index (χ0) is 15.3. The van der Waals surface area contributed by atoms with Crippen molar-refractivity contribution in [1.29, 1.82) is 0 Å². The summed E-state index contributed by atoms with van der Waals surface area (Å²) in [6, 6.07) is 5.70. The van der Waals surface area contributed by atoms with Gasteiger partial charge < -0.3 is 15.2 Å². The van der Waals surface area contributed by atoms with E-state index < -0.39 is 11.4 Å². The van der Waals surface area contributed by atoms with Gasteiger partial charge in [-0.25, -0.2) is 0 Å². The molecular formula is C15H21NO4. The molecular weight excluding hydrogens is 258 g/mol. The van der Waals surface area contributed by atoms with Gasteiger partial charge in [0.1, 0.15) is 5.75 Å². The lowest BCUT2D eigenvalue weighted by molar-refractivity contribution is -0.146. The van der Waals surface area contributed by atoms with Crippen LogP contribution < -0.4 is 10.1 Å². The highest BCUT2D eigenvalue weighted by atomic mass is 16.5. The Morgan fingerprint density at radius 3 is 2.50 bits per heavy atom. The lowest BCUT2D eigenvalue weighted by Gasteiger charge is -2.19. The summed E-state index contributed by atoms with van der Waals surface area (Å²) >= 11 is 0. The van der Waals surface area contributed by atoms with Crippen molar-refractivity contribution in [3.8, 4) is 5.75 Å². The van der Waals surface area contributed by atoms with Crippen molar-refractivity contribution in [2.24, 2.45) is 5.41 Å². The second-order valence-electron chi connectivity index (χ2n) is 5.52. The lowest BCUT2D eigenvalue weighted by atomic mass is 9.94. The first-order valence-electron chi connectivity index (χ1n) is 6.42. The summed E-state index contributed by atoms with van der Waals surface area (Å²) in [6.07, 6.45) is 0. The van der Waals surface area contributed by atoms with Crippen molar-refractivity contribution >= 4 is 11.9 Å². The van der Waals surface area contributed by atoms with Gasteiger partial charge in [0.15, 0.2) is 6.61 Å². The van der Waals surface area contributed by atoms with Crippen molar-refractivity contribution in [3.05, 3.63) is 29.3 Å². The first kappa shape index (κ1) is 16.0. The summed E-state index contributed by atoms with van der Waals surface area (Å²) in [5.41, 5.74) is 1.10. The minimum atomic E-state index is -0.991. The molecule has 0 aliphatic rings. The van der Waals surface area contributed by atoms with Gasteiger partial charge in [-0.15, -0.1) is 0 Å². The number of aliphatic carboxylic acids is 1.